The van der Waals surface area contributed by atoms with Crippen LogP contribution in [0.4, 0.5) is 0 Å². The Labute approximate surface area is 132 Å². The Morgan fingerprint density at radius 3 is 2.09 bits per heavy atom. The summed E-state index contributed by atoms with van der Waals surface area (Å²) >= 11 is 0. The first-order chi connectivity index (χ1) is 10.1. The van der Waals surface area contributed by atoms with Crippen LogP contribution in [0, 0.1) is 5.92 Å². The summed E-state index contributed by atoms with van der Waals surface area (Å²) in [6.07, 6.45) is 2.94. The quantitative estimate of drug-likeness (QED) is 0.771. The first-order valence-electron chi connectivity index (χ1n) is 7.89. The molecule has 6 nitrogen and oxygen atoms in total. The van der Waals surface area contributed by atoms with Gasteiger partial charge in [0, 0.05) is 13.0 Å². The lowest BCUT2D eigenvalue weighted by Gasteiger charge is -2.30. The Kier molecular flexibility index (Phi) is 6.38. The van der Waals surface area contributed by atoms with Gasteiger partial charge in [-0.25, -0.2) is 0 Å². The summed E-state index contributed by atoms with van der Waals surface area (Å²) in [6, 6.07) is -0.483. The Morgan fingerprint density at radius 1 is 1.09 bits per heavy atom. The van der Waals surface area contributed by atoms with Crippen molar-refractivity contribution in [3.8, 4) is 0 Å². The molecule has 1 rings (SSSR count). The van der Waals surface area contributed by atoms with Crippen LogP contribution in [0.5, 0.6) is 0 Å². The Morgan fingerprint density at radius 2 is 1.64 bits per heavy atom. The molecule has 0 saturated heterocycles. The average molecular weight is 312 g/mol. The summed E-state index contributed by atoms with van der Waals surface area (Å²) in [5.74, 6) is -0.642. The maximum absolute atomic E-state index is 12.0. The van der Waals surface area contributed by atoms with Gasteiger partial charge in [0.15, 0.2) is 0 Å². The molecule has 1 aliphatic carbocycles. The monoisotopic (exact) mass is 312 g/mol. The standard InChI is InChI=1S/C16H28N2O4/c1-10(17-11(2)19)14(20)18-13-8-6-12(7-9-13)15(21)22-16(3,4)5/h10,12-13H,6-9H2,1-5H3,(H,17,19)(H,18,20)/t10-,12?,13?/m0/s1. The molecule has 0 heterocycles. The fourth-order valence-electron chi connectivity index (χ4n) is 2.56. The molecule has 1 atom stereocenters. The van der Waals surface area contributed by atoms with Crippen molar-refractivity contribution >= 4 is 17.8 Å². The van der Waals surface area contributed by atoms with Crippen molar-refractivity contribution in [3.63, 3.8) is 0 Å². The molecule has 0 radical (unpaired) electrons. The lowest BCUT2D eigenvalue weighted by Crippen LogP contribution is -2.48. The minimum atomic E-state index is -0.541. The van der Waals surface area contributed by atoms with E-state index in [0.29, 0.717) is 12.8 Å². The van der Waals surface area contributed by atoms with Crippen LogP contribution < -0.4 is 10.6 Å². The number of nitrogens with one attached hydrogen (secondary N) is 2. The van der Waals surface area contributed by atoms with Crippen molar-refractivity contribution < 1.29 is 19.1 Å². The zero-order valence-electron chi connectivity index (χ0n) is 14.2. The summed E-state index contributed by atoms with van der Waals surface area (Å²) in [5.41, 5.74) is -0.462. The lowest BCUT2D eigenvalue weighted by atomic mass is 9.86. The molecular formula is C16H28N2O4. The van der Waals surface area contributed by atoms with Crippen LogP contribution >= 0.6 is 0 Å². The smallest absolute Gasteiger partial charge is 0.309 e. The molecule has 1 saturated carbocycles. The van der Waals surface area contributed by atoms with E-state index in [-0.39, 0.29) is 29.7 Å². The molecule has 1 aliphatic rings. The Bertz CT molecular complexity index is 420. The van der Waals surface area contributed by atoms with Gasteiger partial charge >= 0.3 is 5.97 Å². The van der Waals surface area contributed by atoms with Crippen LogP contribution in [-0.2, 0) is 19.1 Å². The maximum atomic E-state index is 12.0. The summed E-state index contributed by atoms with van der Waals surface area (Å²) in [4.78, 5) is 34.9. The number of carbonyl (C=O) groups is 3. The number of hydrogen-bond donors (Lipinski definition) is 2. The Balaban J connectivity index is 2.38. The van der Waals surface area contributed by atoms with Gasteiger partial charge in [-0.3, -0.25) is 14.4 Å². The molecule has 2 amide bonds. The molecule has 0 bridgehead atoms. The van der Waals surface area contributed by atoms with E-state index in [1.54, 1.807) is 6.92 Å². The lowest BCUT2D eigenvalue weighted by molar-refractivity contribution is -0.161. The molecule has 1 fully saturated rings. The number of esters is 1. The van der Waals surface area contributed by atoms with E-state index in [1.165, 1.54) is 6.92 Å². The summed E-state index contributed by atoms with van der Waals surface area (Å²) in [7, 11) is 0. The van der Waals surface area contributed by atoms with Crippen molar-refractivity contribution in [1.29, 1.82) is 0 Å². The number of hydrogen-bond acceptors (Lipinski definition) is 4. The van der Waals surface area contributed by atoms with Gasteiger partial charge in [0.05, 0.1) is 5.92 Å². The first-order valence-corrected chi connectivity index (χ1v) is 7.89. The second kappa shape index (κ2) is 7.61. The SMILES string of the molecule is CC(=O)N[C@@H](C)C(=O)NC1CCC(C(=O)OC(C)(C)C)CC1. The van der Waals surface area contributed by atoms with E-state index >= 15 is 0 Å². The van der Waals surface area contributed by atoms with Gasteiger partial charge in [-0.15, -0.1) is 0 Å². The van der Waals surface area contributed by atoms with Crippen LogP contribution in [0.3, 0.4) is 0 Å². The average Bonchev–Trinajstić information content (AvgIpc) is 2.36. The first kappa shape index (κ1) is 18.5. The fraction of sp³-hybridized carbons (Fsp3) is 0.812. The molecule has 6 heteroatoms. The number of carbonyl (C=O) groups excluding carboxylic acids is 3. The third kappa shape index (κ3) is 6.45. The van der Waals surface area contributed by atoms with Crippen LogP contribution in [0.1, 0.15) is 60.3 Å². The van der Waals surface area contributed by atoms with Gasteiger partial charge in [-0.1, -0.05) is 0 Å². The third-order valence-electron chi connectivity index (χ3n) is 3.63. The minimum absolute atomic E-state index is 0.0578. The molecule has 22 heavy (non-hydrogen) atoms. The van der Waals surface area contributed by atoms with E-state index in [9.17, 15) is 14.4 Å². The van der Waals surface area contributed by atoms with Crippen molar-refractivity contribution in [2.24, 2.45) is 5.92 Å². The number of amides is 2. The summed E-state index contributed by atoms with van der Waals surface area (Å²) in [6.45, 7) is 8.62. The van der Waals surface area contributed by atoms with Gasteiger partial charge in [0.25, 0.3) is 0 Å². The molecule has 0 aromatic heterocycles. The predicted octanol–water partition coefficient (Wildman–Crippen LogP) is 1.53. The summed E-state index contributed by atoms with van der Waals surface area (Å²) in [5, 5.41) is 5.49. The largest absolute Gasteiger partial charge is 0.460 e. The van der Waals surface area contributed by atoms with E-state index in [2.05, 4.69) is 10.6 Å². The minimum Gasteiger partial charge on any atom is -0.460 e. The van der Waals surface area contributed by atoms with Gasteiger partial charge in [-0.2, -0.15) is 0 Å². The highest BCUT2D eigenvalue weighted by Crippen LogP contribution is 2.27. The third-order valence-corrected chi connectivity index (χ3v) is 3.63. The van der Waals surface area contributed by atoms with Crippen LogP contribution in [0.15, 0.2) is 0 Å². The molecule has 126 valence electrons. The molecule has 0 aromatic rings. The summed E-state index contributed by atoms with van der Waals surface area (Å²) < 4.78 is 5.40. The van der Waals surface area contributed by atoms with Crippen molar-refractivity contribution in [3.05, 3.63) is 0 Å². The van der Waals surface area contributed by atoms with Crippen LogP contribution in [0.25, 0.3) is 0 Å². The molecule has 0 spiro atoms. The van der Waals surface area contributed by atoms with E-state index in [0.717, 1.165) is 12.8 Å². The van der Waals surface area contributed by atoms with Gasteiger partial charge in [0.1, 0.15) is 11.6 Å². The Hall–Kier alpha value is -1.59. The second-order valence-corrected chi connectivity index (χ2v) is 7.01. The van der Waals surface area contributed by atoms with E-state index in [4.69, 9.17) is 4.74 Å². The highest BCUT2D eigenvalue weighted by Gasteiger charge is 2.30. The molecule has 0 aliphatic heterocycles. The second-order valence-electron chi connectivity index (χ2n) is 7.01. The zero-order valence-corrected chi connectivity index (χ0v) is 14.2. The van der Waals surface area contributed by atoms with Gasteiger partial charge in [0.2, 0.25) is 11.8 Å². The normalized spacial score (nSPS) is 23.3. The molecule has 2 N–H and O–H groups in total. The van der Waals surface area contributed by atoms with Crippen LogP contribution in [-0.4, -0.2) is 35.5 Å². The van der Waals surface area contributed by atoms with Crippen LogP contribution in [0.2, 0.25) is 0 Å². The van der Waals surface area contributed by atoms with Crippen molar-refractivity contribution in [2.45, 2.75) is 78.0 Å². The van der Waals surface area contributed by atoms with Crippen molar-refractivity contribution in [2.75, 3.05) is 0 Å². The van der Waals surface area contributed by atoms with Gasteiger partial charge in [-0.05, 0) is 53.4 Å². The zero-order chi connectivity index (χ0) is 16.9. The number of rotatable bonds is 4. The molecule has 0 aromatic carbocycles. The predicted molar refractivity (Wildman–Crippen MR) is 83.0 cm³/mol. The van der Waals surface area contributed by atoms with Gasteiger partial charge < -0.3 is 15.4 Å². The molecular weight excluding hydrogens is 284 g/mol. The topological polar surface area (TPSA) is 84.5 Å². The number of ether oxygens (including phenoxy) is 1. The highest BCUT2D eigenvalue weighted by atomic mass is 16.6. The maximum Gasteiger partial charge on any atom is 0.309 e. The van der Waals surface area contributed by atoms with E-state index < -0.39 is 11.6 Å². The van der Waals surface area contributed by atoms with E-state index in [1.807, 2.05) is 20.8 Å². The highest BCUT2D eigenvalue weighted by molar-refractivity contribution is 5.86. The fourth-order valence-corrected chi connectivity index (χ4v) is 2.56. The van der Waals surface area contributed by atoms with Crippen molar-refractivity contribution in [1.82, 2.24) is 10.6 Å². The molecule has 0 unspecified atom stereocenters.